The van der Waals surface area contributed by atoms with E-state index in [0.717, 1.165) is 42.4 Å². The van der Waals surface area contributed by atoms with Crippen LogP contribution in [0.4, 0.5) is 0 Å². The number of ether oxygens (including phenoxy) is 1. The molecule has 2 aromatic rings. The molecule has 5 heteroatoms. The van der Waals surface area contributed by atoms with Crippen LogP contribution in [-0.4, -0.2) is 40.1 Å². The number of hydrogen-bond donors (Lipinski definition) is 1. The van der Waals surface area contributed by atoms with Crippen LogP contribution in [0.25, 0.3) is 10.9 Å². The van der Waals surface area contributed by atoms with Crippen molar-refractivity contribution < 1.29 is 14.6 Å². The Bertz CT molecular complexity index is 850. The number of rotatable bonds is 4. The number of piperidine rings is 3. The number of nitrogens with zero attached hydrogens (tertiary/aromatic N) is 2. The zero-order valence-electron chi connectivity index (χ0n) is 15.0. The molecular formula is C21H24N2O3. The fourth-order valence-corrected chi connectivity index (χ4v) is 4.62. The monoisotopic (exact) mass is 352 g/mol. The molecule has 0 amide bonds. The predicted molar refractivity (Wildman–Crippen MR) is 99.7 cm³/mol. The lowest BCUT2D eigenvalue weighted by molar-refractivity contribution is -0.154. The number of phenols is 1. The van der Waals surface area contributed by atoms with Crippen LogP contribution in [0.5, 0.6) is 5.75 Å². The van der Waals surface area contributed by atoms with Gasteiger partial charge in [0.1, 0.15) is 11.9 Å². The van der Waals surface area contributed by atoms with E-state index in [2.05, 4.69) is 22.5 Å². The van der Waals surface area contributed by atoms with Crippen molar-refractivity contribution in [3.63, 3.8) is 0 Å². The van der Waals surface area contributed by atoms with Crippen molar-refractivity contribution >= 4 is 16.9 Å². The van der Waals surface area contributed by atoms with E-state index >= 15 is 0 Å². The van der Waals surface area contributed by atoms with Crippen LogP contribution >= 0.6 is 0 Å². The third-order valence-corrected chi connectivity index (χ3v) is 5.86. The molecule has 1 unspecified atom stereocenters. The lowest BCUT2D eigenvalue weighted by atomic mass is 9.73. The molecule has 3 saturated heterocycles. The molecule has 4 heterocycles. The molecule has 5 nitrogen and oxygen atoms in total. The normalized spacial score (nSPS) is 28.7. The summed E-state index contributed by atoms with van der Waals surface area (Å²) in [5, 5.41) is 10.8. The van der Waals surface area contributed by atoms with Crippen LogP contribution < -0.4 is 0 Å². The first-order valence-corrected chi connectivity index (χ1v) is 9.18. The first kappa shape index (κ1) is 17.0. The summed E-state index contributed by atoms with van der Waals surface area (Å²) in [5.74, 6) is 0.992. The summed E-state index contributed by atoms with van der Waals surface area (Å²) in [6.45, 7) is 7.42. The molecule has 0 spiro atoms. The van der Waals surface area contributed by atoms with Gasteiger partial charge in [0.05, 0.1) is 11.6 Å². The van der Waals surface area contributed by atoms with Crippen LogP contribution in [0.1, 0.15) is 31.4 Å². The second-order valence-corrected chi connectivity index (χ2v) is 7.38. The second kappa shape index (κ2) is 6.72. The summed E-state index contributed by atoms with van der Waals surface area (Å²) in [6.07, 6.45) is 5.59. The number of fused-ring (bicyclic) bond motifs is 4. The predicted octanol–water partition coefficient (Wildman–Crippen LogP) is 3.44. The largest absolute Gasteiger partial charge is 0.508 e. The summed E-state index contributed by atoms with van der Waals surface area (Å²) < 4.78 is 5.83. The van der Waals surface area contributed by atoms with E-state index in [1.165, 1.54) is 6.92 Å². The quantitative estimate of drug-likeness (QED) is 0.675. The molecule has 0 radical (unpaired) electrons. The molecule has 3 aliphatic rings. The number of hydrogen-bond acceptors (Lipinski definition) is 5. The van der Waals surface area contributed by atoms with Crippen LogP contribution in [0, 0.1) is 11.8 Å². The van der Waals surface area contributed by atoms with Gasteiger partial charge in [-0.1, -0.05) is 6.08 Å². The van der Waals surface area contributed by atoms with Crippen molar-refractivity contribution in [2.24, 2.45) is 11.8 Å². The third kappa shape index (κ3) is 2.97. The second-order valence-electron chi connectivity index (χ2n) is 7.38. The maximum absolute atomic E-state index is 11.9. The van der Waals surface area contributed by atoms with E-state index in [1.54, 1.807) is 24.4 Å². The highest BCUT2D eigenvalue weighted by Gasteiger charge is 2.44. The molecule has 136 valence electrons. The van der Waals surface area contributed by atoms with E-state index in [9.17, 15) is 9.90 Å². The molecule has 5 atom stereocenters. The van der Waals surface area contributed by atoms with E-state index in [0.29, 0.717) is 11.8 Å². The minimum absolute atomic E-state index is 0.141. The molecule has 2 bridgehead atoms. The van der Waals surface area contributed by atoms with Gasteiger partial charge in [0.2, 0.25) is 0 Å². The first-order valence-electron chi connectivity index (χ1n) is 9.18. The zero-order valence-corrected chi connectivity index (χ0v) is 15.0. The summed E-state index contributed by atoms with van der Waals surface area (Å²) in [7, 11) is 0. The SMILES string of the molecule is C=C[C@H]1CN2CC[C@H]1C[C@@H]2[C@H](OC(C)=O)c1ccnc2ccc(O)cc12. The van der Waals surface area contributed by atoms with Crippen molar-refractivity contribution in [3.05, 3.63) is 48.7 Å². The molecule has 1 aromatic carbocycles. The fourth-order valence-electron chi connectivity index (χ4n) is 4.62. The molecule has 1 aromatic heterocycles. The van der Waals surface area contributed by atoms with Gasteiger partial charge < -0.3 is 9.84 Å². The Balaban J connectivity index is 1.76. The number of benzene rings is 1. The number of carbonyl (C=O) groups is 1. The Hall–Kier alpha value is -2.40. The molecule has 1 N–H and O–H groups in total. The number of aromatic hydroxyl groups is 1. The van der Waals surface area contributed by atoms with Crippen molar-refractivity contribution in [3.8, 4) is 5.75 Å². The molecular weight excluding hydrogens is 328 g/mol. The molecule has 0 saturated carbocycles. The standard InChI is InChI=1S/C21H24N2O3/c1-3-14-12-23-9-7-15(14)10-20(23)21(26-13(2)24)17-6-8-22-19-5-4-16(25)11-18(17)19/h3-6,8,11,14-15,20-21,25H,1,7,9-10,12H2,2H3/t14-,15-,20+,21+/m0/s1. The van der Waals surface area contributed by atoms with Gasteiger partial charge >= 0.3 is 5.97 Å². The Morgan fingerprint density at radius 3 is 3.00 bits per heavy atom. The number of esters is 1. The topological polar surface area (TPSA) is 62.7 Å². The van der Waals surface area contributed by atoms with Gasteiger partial charge in [0, 0.05) is 30.6 Å². The number of carbonyl (C=O) groups excluding carboxylic acids is 1. The third-order valence-electron chi connectivity index (χ3n) is 5.86. The van der Waals surface area contributed by atoms with Crippen molar-refractivity contribution in [2.75, 3.05) is 13.1 Å². The lowest BCUT2D eigenvalue weighted by Gasteiger charge is -2.51. The van der Waals surface area contributed by atoms with Crippen LogP contribution in [0.2, 0.25) is 0 Å². The van der Waals surface area contributed by atoms with Crippen molar-refractivity contribution in [1.82, 2.24) is 9.88 Å². The minimum Gasteiger partial charge on any atom is -0.508 e. The Labute approximate surface area is 153 Å². The van der Waals surface area contributed by atoms with Crippen molar-refractivity contribution in [1.29, 1.82) is 0 Å². The summed E-state index contributed by atoms with van der Waals surface area (Å²) in [4.78, 5) is 18.7. The average Bonchev–Trinajstić information content (AvgIpc) is 2.65. The van der Waals surface area contributed by atoms with Gasteiger partial charge in [0.15, 0.2) is 0 Å². The van der Waals surface area contributed by atoms with E-state index in [1.807, 2.05) is 6.07 Å². The van der Waals surface area contributed by atoms with Crippen LogP contribution in [0.15, 0.2) is 43.1 Å². The van der Waals surface area contributed by atoms with E-state index < -0.39 is 0 Å². The Morgan fingerprint density at radius 2 is 2.31 bits per heavy atom. The smallest absolute Gasteiger partial charge is 0.303 e. The average molecular weight is 352 g/mol. The summed E-state index contributed by atoms with van der Waals surface area (Å²) in [6, 6.07) is 7.17. The maximum Gasteiger partial charge on any atom is 0.303 e. The fraction of sp³-hybridized carbons (Fsp3) is 0.429. The zero-order chi connectivity index (χ0) is 18.3. The van der Waals surface area contributed by atoms with Crippen molar-refractivity contribution in [2.45, 2.75) is 31.9 Å². The lowest BCUT2D eigenvalue weighted by Crippen LogP contribution is -2.55. The van der Waals surface area contributed by atoms with E-state index in [4.69, 9.17) is 4.74 Å². The summed E-state index contributed by atoms with van der Waals surface area (Å²) in [5.41, 5.74) is 1.70. The van der Waals surface area contributed by atoms with Gasteiger partial charge in [-0.25, -0.2) is 0 Å². The number of phenolic OH excluding ortho intramolecular Hbond substituents is 1. The molecule has 3 aliphatic heterocycles. The van der Waals surface area contributed by atoms with Gasteiger partial charge in [-0.3, -0.25) is 14.7 Å². The minimum atomic E-state index is -0.367. The Morgan fingerprint density at radius 1 is 1.46 bits per heavy atom. The highest BCUT2D eigenvalue weighted by atomic mass is 16.5. The molecule has 3 fully saturated rings. The van der Waals surface area contributed by atoms with Gasteiger partial charge in [-0.05, 0) is 55.5 Å². The first-order chi connectivity index (χ1) is 12.6. The number of aromatic nitrogens is 1. The Kier molecular flexibility index (Phi) is 4.41. The summed E-state index contributed by atoms with van der Waals surface area (Å²) >= 11 is 0. The number of pyridine rings is 1. The molecule has 5 rings (SSSR count). The maximum atomic E-state index is 11.9. The molecule has 26 heavy (non-hydrogen) atoms. The van der Waals surface area contributed by atoms with E-state index in [-0.39, 0.29) is 23.9 Å². The van der Waals surface area contributed by atoms with Gasteiger partial charge in [-0.2, -0.15) is 0 Å². The molecule has 0 aliphatic carbocycles. The van der Waals surface area contributed by atoms with Crippen LogP contribution in [-0.2, 0) is 9.53 Å². The highest BCUT2D eigenvalue weighted by molar-refractivity contribution is 5.84. The van der Waals surface area contributed by atoms with Crippen LogP contribution in [0.3, 0.4) is 0 Å². The van der Waals surface area contributed by atoms with Gasteiger partial charge in [-0.15, -0.1) is 6.58 Å². The van der Waals surface area contributed by atoms with Gasteiger partial charge in [0.25, 0.3) is 0 Å². The highest BCUT2D eigenvalue weighted by Crippen LogP contribution is 2.43.